The molecule has 0 aliphatic heterocycles. The molecule has 0 fully saturated rings. The molecule has 50 heavy (non-hydrogen) atoms. The lowest BCUT2D eigenvalue weighted by Gasteiger charge is -2.15. The summed E-state index contributed by atoms with van der Waals surface area (Å²) in [6, 6.07) is 0. The highest BCUT2D eigenvalue weighted by Gasteiger charge is 2.16. The van der Waals surface area contributed by atoms with Gasteiger partial charge in [0.25, 0.3) is 0 Å². The Labute approximate surface area is 307 Å². The van der Waals surface area contributed by atoms with Crippen molar-refractivity contribution < 1.29 is 29.3 Å². The summed E-state index contributed by atoms with van der Waals surface area (Å²) in [6.07, 6.45) is 44.9. The molecule has 0 aromatic rings. The fourth-order valence-corrected chi connectivity index (χ4v) is 5.50. The summed E-state index contributed by atoms with van der Waals surface area (Å²) >= 11 is 0. The Bertz CT molecular complexity index is 915. The molecule has 2 atom stereocenters. The first kappa shape index (κ1) is 47.6. The second-order valence-electron chi connectivity index (χ2n) is 14.0. The van der Waals surface area contributed by atoms with E-state index in [0.717, 1.165) is 50.9 Å². The molecule has 0 heterocycles. The number of hydrogen-bond acceptors (Lipinski definition) is 6. The van der Waals surface area contributed by atoms with E-state index >= 15 is 0 Å². The van der Waals surface area contributed by atoms with Crippen LogP contribution in [0.5, 0.6) is 0 Å². The van der Waals surface area contributed by atoms with Crippen molar-refractivity contribution >= 4 is 11.9 Å². The molecule has 6 heteroatoms. The maximum absolute atomic E-state index is 12.2. The Hall–Kier alpha value is -2.44. The first-order valence-electron chi connectivity index (χ1n) is 20.3. The summed E-state index contributed by atoms with van der Waals surface area (Å²) in [5, 5.41) is 19.3. The van der Waals surface area contributed by atoms with E-state index in [1.807, 2.05) is 37.3 Å². The zero-order valence-corrected chi connectivity index (χ0v) is 32.4. The first-order chi connectivity index (χ1) is 24.4. The molecule has 0 aromatic carbocycles. The van der Waals surface area contributed by atoms with Crippen molar-refractivity contribution in [3.05, 3.63) is 60.8 Å². The highest BCUT2D eigenvalue weighted by Crippen LogP contribution is 2.15. The number of ether oxygens (including phenoxy) is 2. The second-order valence-corrected chi connectivity index (χ2v) is 14.0. The van der Waals surface area contributed by atoms with Crippen LogP contribution in [0.4, 0.5) is 0 Å². The molecule has 0 saturated carbocycles. The monoisotopic (exact) mass is 701 g/mol. The van der Waals surface area contributed by atoms with E-state index in [9.17, 15) is 19.8 Å². The average molecular weight is 701 g/mol. The molecule has 0 amide bonds. The van der Waals surface area contributed by atoms with Gasteiger partial charge in [0.2, 0.25) is 0 Å². The van der Waals surface area contributed by atoms with Crippen LogP contribution in [0.1, 0.15) is 175 Å². The molecule has 0 aliphatic carbocycles. The fraction of sp³-hybridized carbons (Fsp3) is 0.727. The van der Waals surface area contributed by atoms with Gasteiger partial charge in [0.15, 0.2) is 6.10 Å². The van der Waals surface area contributed by atoms with Crippen LogP contribution in [-0.2, 0) is 19.1 Å². The van der Waals surface area contributed by atoms with Crippen molar-refractivity contribution in [1.29, 1.82) is 0 Å². The summed E-state index contributed by atoms with van der Waals surface area (Å²) in [5.74, 6) is 0.166. The third-order valence-electron chi connectivity index (χ3n) is 8.58. The number of unbranched alkanes of at least 4 members (excludes halogenated alkanes) is 15. The lowest BCUT2D eigenvalue weighted by Crippen LogP contribution is -2.28. The van der Waals surface area contributed by atoms with Crippen LogP contribution >= 0.6 is 0 Å². The number of aliphatic hydroxyl groups is 2. The van der Waals surface area contributed by atoms with Crippen LogP contribution in [0, 0.1) is 5.92 Å². The van der Waals surface area contributed by atoms with E-state index in [4.69, 9.17) is 9.47 Å². The lowest BCUT2D eigenvalue weighted by atomic mass is 10.0. The molecular formula is C44H76O6. The predicted molar refractivity (Wildman–Crippen MR) is 211 cm³/mol. The Morgan fingerprint density at radius 3 is 1.72 bits per heavy atom. The first-order valence-corrected chi connectivity index (χ1v) is 20.3. The third-order valence-corrected chi connectivity index (χ3v) is 8.58. The summed E-state index contributed by atoms with van der Waals surface area (Å²) in [7, 11) is 0. The molecule has 288 valence electrons. The van der Waals surface area contributed by atoms with Gasteiger partial charge in [0.1, 0.15) is 6.61 Å². The van der Waals surface area contributed by atoms with Crippen molar-refractivity contribution in [2.75, 3.05) is 13.2 Å². The van der Waals surface area contributed by atoms with Gasteiger partial charge in [0.05, 0.1) is 12.7 Å². The van der Waals surface area contributed by atoms with Gasteiger partial charge < -0.3 is 19.7 Å². The van der Waals surface area contributed by atoms with Crippen LogP contribution in [0.3, 0.4) is 0 Å². The van der Waals surface area contributed by atoms with Gasteiger partial charge in [-0.3, -0.25) is 9.59 Å². The van der Waals surface area contributed by atoms with Crippen LogP contribution in [-0.4, -0.2) is 47.6 Å². The number of carbonyl (C=O) groups is 2. The molecule has 0 saturated heterocycles. The predicted octanol–water partition coefficient (Wildman–Crippen LogP) is 11.6. The highest BCUT2D eigenvalue weighted by atomic mass is 16.6. The molecule has 1 unspecified atom stereocenters. The fourth-order valence-electron chi connectivity index (χ4n) is 5.50. The molecule has 0 rings (SSSR count). The van der Waals surface area contributed by atoms with Crippen LogP contribution in [0.25, 0.3) is 0 Å². The van der Waals surface area contributed by atoms with E-state index in [2.05, 4.69) is 44.2 Å². The molecule has 0 radical (unpaired) electrons. The molecule has 0 spiro atoms. The van der Waals surface area contributed by atoms with Gasteiger partial charge in [-0.2, -0.15) is 0 Å². The average Bonchev–Trinajstić information content (AvgIpc) is 3.10. The maximum Gasteiger partial charge on any atom is 0.306 e. The minimum Gasteiger partial charge on any atom is -0.462 e. The van der Waals surface area contributed by atoms with Crippen molar-refractivity contribution in [1.82, 2.24) is 0 Å². The van der Waals surface area contributed by atoms with Gasteiger partial charge in [-0.15, -0.1) is 0 Å². The number of allylic oxidation sites excluding steroid dienone is 8. The largest absolute Gasteiger partial charge is 0.462 e. The Morgan fingerprint density at radius 1 is 0.620 bits per heavy atom. The normalized spacial score (nSPS) is 13.6. The van der Waals surface area contributed by atoms with E-state index in [-0.39, 0.29) is 31.6 Å². The third kappa shape index (κ3) is 36.8. The molecule has 6 nitrogen and oxygen atoms in total. The zero-order valence-electron chi connectivity index (χ0n) is 32.4. The van der Waals surface area contributed by atoms with Crippen LogP contribution in [0.15, 0.2) is 60.8 Å². The topological polar surface area (TPSA) is 93.1 Å². The Balaban J connectivity index is 3.67. The smallest absolute Gasteiger partial charge is 0.306 e. The zero-order chi connectivity index (χ0) is 36.8. The SMILES string of the molecule is CC/C=C\C(O)C/C=C/C=C\C/C=C\C/C=C\CCCC(=O)O[C@@H](CO)COC(=O)CCCCCCCCCCCCCCCCCC(C)C. The maximum atomic E-state index is 12.2. The summed E-state index contributed by atoms with van der Waals surface area (Å²) in [4.78, 5) is 24.3. The molecule has 0 aromatic heterocycles. The van der Waals surface area contributed by atoms with E-state index < -0.39 is 12.2 Å². The molecular weight excluding hydrogens is 624 g/mol. The number of rotatable bonds is 35. The summed E-state index contributed by atoms with van der Waals surface area (Å²) < 4.78 is 10.6. The van der Waals surface area contributed by atoms with Gasteiger partial charge in [0, 0.05) is 12.8 Å². The second kappa shape index (κ2) is 37.8. The number of esters is 2. The Morgan fingerprint density at radius 2 is 1.14 bits per heavy atom. The minimum atomic E-state index is -0.814. The van der Waals surface area contributed by atoms with E-state index in [0.29, 0.717) is 19.3 Å². The van der Waals surface area contributed by atoms with E-state index in [1.54, 1.807) is 0 Å². The number of aliphatic hydroxyl groups excluding tert-OH is 2. The van der Waals surface area contributed by atoms with Crippen LogP contribution in [0.2, 0.25) is 0 Å². The number of hydrogen-bond donors (Lipinski definition) is 2. The van der Waals surface area contributed by atoms with Gasteiger partial charge >= 0.3 is 11.9 Å². The van der Waals surface area contributed by atoms with Crippen molar-refractivity contribution in [2.24, 2.45) is 5.92 Å². The quantitative estimate of drug-likeness (QED) is 0.0296. The summed E-state index contributed by atoms with van der Waals surface area (Å²) in [6.45, 7) is 6.21. The lowest BCUT2D eigenvalue weighted by molar-refractivity contribution is -0.161. The van der Waals surface area contributed by atoms with Gasteiger partial charge in [-0.1, -0.05) is 178 Å². The Kier molecular flexibility index (Phi) is 36.0. The van der Waals surface area contributed by atoms with Gasteiger partial charge in [-0.05, 0) is 50.9 Å². The van der Waals surface area contributed by atoms with Crippen LogP contribution < -0.4 is 0 Å². The summed E-state index contributed by atoms with van der Waals surface area (Å²) in [5.41, 5.74) is 0. The van der Waals surface area contributed by atoms with Gasteiger partial charge in [-0.25, -0.2) is 0 Å². The standard InChI is InChI=1S/C44H76O6/c1-4-5-34-41(46)35-30-26-22-18-14-11-12-16-20-24-28-32-37-44(48)50-42(38-45)39-49-43(47)36-31-27-23-19-15-10-8-6-7-9-13-17-21-25-29-33-40(2)3/h5,11-12,18,20,22,24,26,30,34,40-42,45-46H,4,6-10,13-17,19,21,23,25,27-29,31-33,35-39H2,1-3H3/b12-11-,22-18-,24-20-,30-26+,34-5-/t41?,42-/m0/s1. The molecule has 0 aliphatic rings. The van der Waals surface area contributed by atoms with Crippen molar-refractivity contribution in [2.45, 2.75) is 187 Å². The minimum absolute atomic E-state index is 0.100. The van der Waals surface area contributed by atoms with Crippen molar-refractivity contribution in [3.8, 4) is 0 Å². The highest BCUT2D eigenvalue weighted by molar-refractivity contribution is 5.70. The molecule has 2 N–H and O–H groups in total. The van der Waals surface area contributed by atoms with Crippen molar-refractivity contribution in [3.63, 3.8) is 0 Å². The molecule has 0 bridgehead atoms. The van der Waals surface area contributed by atoms with E-state index in [1.165, 1.54) is 83.5 Å². The number of carbonyl (C=O) groups excluding carboxylic acids is 2.